The SMILES string of the molecule is CC(=O)N1C[C@H]2C[C@H]1C[C@H]2CNC(=O)Nc1cc(-c2cnn3c2CC(C)(C)C3)c(Cl)cn1. The Bertz CT molecular complexity index is 1080. The predicted molar refractivity (Wildman–Crippen MR) is 122 cm³/mol. The van der Waals surface area contributed by atoms with E-state index >= 15 is 0 Å². The van der Waals surface area contributed by atoms with Gasteiger partial charge in [-0.15, -0.1) is 0 Å². The lowest BCUT2D eigenvalue weighted by Gasteiger charge is -2.30. The largest absolute Gasteiger partial charge is 0.340 e. The summed E-state index contributed by atoms with van der Waals surface area (Å²) in [5.41, 5.74) is 3.14. The summed E-state index contributed by atoms with van der Waals surface area (Å²) in [7, 11) is 0. The normalized spacial score (nSPS) is 25.1. The van der Waals surface area contributed by atoms with Gasteiger partial charge in [0.25, 0.3) is 0 Å². The number of rotatable bonds is 4. The first-order valence-corrected chi connectivity index (χ1v) is 11.6. The van der Waals surface area contributed by atoms with E-state index < -0.39 is 0 Å². The standard InChI is InChI=1S/C23H29ClN6O2/c1-13(31)29-11-15-5-16(29)4-14(15)8-26-22(32)28-21-6-17(19(24)10-25-21)18-9-27-30-12-23(2,3)7-20(18)30/h6,9-10,14-16H,4-5,7-8,11-12H2,1-3H3,(H2,25,26,28,32)/t14-,15+,16+/m0/s1. The minimum absolute atomic E-state index is 0.152. The molecule has 2 fully saturated rings. The Morgan fingerprint density at radius 1 is 1.25 bits per heavy atom. The maximum Gasteiger partial charge on any atom is 0.320 e. The number of pyridine rings is 1. The number of hydrogen-bond acceptors (Lipinski definition) is 4. The van der Waals surface area contributed by atoms with E-state index in [1.54, 1.807) is 13.1 Å². The molecule has 0 radical (unpaired) electrons. The number of urea groups is 1. The Morgan fingerprint density at radius 3 is 2.78 bits per heavy atom. The van der Waals surface area contributed by atoms with E-state index in [4.69, 9.17) is 11.6 Å². The van der Waals surface area contributed by atoms with Crippen LogP contribution in [-0.2, 0) is 17.8 Å². The molecule has 8 nitrogen and oxygen atoms in total. The van der Waals surface area contributed by atoms with Crippen molar-refractivity contribution in [2.45, 2.75) is 52.6 Å². The molecule has 9 heteroatoms. The van der Waals surface area contributed by atoms with Crippen molar-refractivity contribution in [3.05, 3.63) is 29.2 Å². The summed E-state index contributed by atoms with van der Waals surface area (Å²) in [4.78, 5) is 30.4. The Hall–Kier alpha value is -2.61. The second kappa shape index (κ2) is 7.76. The first-order valence-electron chi connectivity index (χ1n) is 11.2. The molecule has 170 valence electrons. The smallest absolute Gasteiger partial charge is 0.320 e. The first-order chi connectivity index (χ1) is 15.2. The van der Waals surface area contributed by atoms with E-state index in [0.29, 0.717) is 35.3 Å². The van der Waals surface area contributed by atoms with Crippen LogP contribution >= 0.6 is 11.6 Å². The zero-order chi connectivity index (χ0) is 22.6. The fourth-order valence-corrected chi connectivity index (χ4v) is 5.87. The van der Waals surface area contributed by atoms with Gasteiger partial charge in [-0.2, -0.15) is 5.10 Å². The van der Waals surface area contributed by atoms with Gasteiger partial charge in [-0.1, -0.05) is 25.4 Å². The van der Waals surface area contributed by atoms with Crippen LogP contribution in [0.3, 0.4) is 0 Å². The molecule has 1 saturated carbocycles. The quantitative estimate of drug-likeness (QED) is 0.735. The van der Waals surface area contributed by atoms with Gasteiger partial charge in [0.05, 0.1) is 11.2 Å². The van der Waals surface area contributed by atoms with Crippen molar-refractivity contribution in [1.29, 1.82) is 0 Å². The van der Waals surface area contributed by atoms with E-state index in [-0.39, 0.29) is 17.4 Å². The fraction of sp³-hybridized carbons (Fsp3) is 0.565. The van der Waals surface area contributed by atoms with Crippen LogP contribution < -0.4 is 10.6 Å². The van der Waals surface area contributed by atoms with E-state index in [9.17, 15) is 9.59 Å². The number of carbonyl (C=O) groups is 2. The summed E-state index contributed by atoms with van der Waals surface area (Å²) in [5, 5.41) is 10.9. The second-order valence-electron chi connectivity index (χ2n) is 10.2. The minimum atomic E-state index is -0.279. The maximum atomic E-state index is 12.5. The van der Waals surface area contributed by atoms with Gasteiger partial charge in [0.2, 0.25) is 5.91 Å². The third-order valence-corrected chi connectivity index (χ3v) is 7.48. The van der Waals surface area contributed by atoms with E-state index in [1.807, 2.05) is 21.8 Å². The lowest BCUT2D eigenvalue weighted by molar-refractivity contribution is -0.130. The number of piperidine rings is 1. The molecule has 2 bridgehead atoms. The highest BCUT2D eigenvalue weighted by Crippen LogP contribution is 2.42. The molecule has 3 aliphatic rings. The third kappa shape index (κ3) is 3.85. The summed E-state index contributed by atoms with van der Waals surface area (Å²) >= 11 is 6.46. The van der Waals surface area contributed by atoms with Gasteiger partial charge < -0.3 is 10.2 Å². The van der Waals surface area contributed by atoms with Crippen LogP contribution in [-0.4, -0.2) is 50.7 Å². The highest BCUT2D eigenvalue weighted by atomic mass is 35.5. The number of halogens is 1. The molecule has 5 rings (SSSR count). The Labute approximate surface area is 192 Å². The van der Waals surface area contributed by atoms with Crippen LogP contribution in [0, 0.1) is 17.3 Å². The van der Waals surface area contributed by atoms with Gasteiger partial charge in [-0.3, -0.25) is 14.8 Å². The summed E-state index contributed by atoms with van der Waals surface area (Å²) in [6.07, 6.45) is 6.34. The molecule has 2 aliphatic heterocycles. The molecule has 1 aliphatic carbocycles. The topological polar surface area (TPSA) is 92.2 Å². The maximum absolute atomic E-state index is 12.5. The van der Waals surface area contributed by atoms with Gasteiger partial charge in [0.1, 0.15) is 5.82 Å². The van der Waals surface area contributed by atoms with Crippen LogP contribution in [0.4, 0.5) is 10.6 Å². The number of anilines is 1. The van der Waals surface area contributed by atoms with Crippen LogP contribution in [0.1, 0.15) is 39.3 Å². The zero-order valence-corrected chi connectivity index (χ0v) is 19.4. The highest BCUT2D eigenvalue weighted by molar-refractivity contribution is 6.33. The highest BCUT2D eigenvalue weighted by Gasteiger charge is 2.45. The molecule has 2 aromatic rings. The Balaban J connectivity index is 1.22. The number of aromatic nitrogens is 3. The molecular weight excluding hydrogens is 428 g/mol. The molecule has 0 aromatic carbocycles. The van der Waals surface area contributed by atoms with E-state index in [2.05, 4.69) is 34.6 Å². The van der Waals surface area contributed by atoms with Crippen molar-refractivity contribution < 1.29 is 9.59 Å². The van der Waals surface area contributed by atoms with Gasteiger partial charge in [-0.25, -0.2) is 9.78 Å². The first kappa shape index (κ1) is 21.2. The van der Waals surface area contributed by atoms with Crippen LogP contribution in [0.25, 0.3) is 11.1 Å². The monoisotopic (exact) mass is 456 g/mol. The van der Waals surface area contributed by atoms with Crippen molar-refractivity contribution in [2.75, 3.05) is 18.4 Å². The molecule has 2 N–H and O–H groups in total. The number of nitrogens with one attached hydrogen (secondary N) is 2. The third-order valence-electron chi connectivity index (χ3n) is 7.18. The summed E-state index contributed by atoms with van der Waals surface area (Å²) in [6, 6.07) is 1.86. The molecule has 3 atom stereocenters. The van der Waals surface area contributed by atoms with Crippen LogP contribution in [0.15, 0.2) is 18.5 Å². The molecule has 3 amide bonds. The number of nitrogens with zero attached hydrogens (tertiary/aromatic N) is 4. The number of fused-ring (bicyclic) bond motifs is 3. The van der Waals surface area contributed by atoms with E-state index in [1.165, 1.54) is 0 Å². The summed E-state index contributed by atoms with van der Waals surface area (Å²) in [6.45, 7) is 8.38. The summed E-state index contributed by atoms with van der Waals surface area (Å²) in [5.74, 6) is 1.49. The summed E-state index contributed by atoms with van der Waals surface area (Å²) < 4.78 is 2.04. The van der Waals surface area contributed by atoms with Gasteiger partial charge in [0.15, 0.2) is 0 Å². The van der Waals surface area contributed by atoms with Crippen LogP contribution in [0.2, 0.25) is 5.02 Å². The number of amides is 3. The average molecular weight is 457 g/mol. The average Bonchev–Trinajstić information content (AvgIpc) is 3.47. The minimum Gasteiger partial charge on any atom is -0.340 e. The lowest BCUT2D eigenvalue weighted by Crippen LogP contribution is -2.42. The van der Waals surface area contributed by atoms with Gasteiger partial charge in [0, 0.05) is 55.6 Å². The fourth-order valence-electron chi connectivity index (χ4n) is 5.67. The van der Waals surface area contributed by atoms with Crippen molar-refractivity contribution in [3.63, 3.8) is 0 Å². The van der Waals surface area contributed by atoms with Crippen molar-refractivity contribution in [3.8, 4) is 11.1 Å². The molecule has 1 saturated heterocycles. The lowest BCUT2D eigenvalue weighted by atomic mass is 9.89. The number of carbonyl (C=O) groups excluding carboxylic acids is 2. The predicted octanol–water partition coefficient (Wildman–Crippen LogP) is 3.56. The number of hydrogen-bond donors (Lipinski definition) is 2. The molecular formula is C23H29ClN6O2. The van der Waals surface area contributed by atoms with E-state index in [0.717, 1.165) is 49.2 Å². The second-order valence-corrected chi connectivity index (χ2v) is 10.6. The Kier molecular flexibility index (Phi) is 5.15. The molecule has 2 aromatic heterocycles. The molecule has 0 spiro atoms. The Morgan fingerprint density at radius 2 is 2.06 bits per heavy atom. The molecule has 0 unspecified atom stereocenters. The van der Waals surface area contributed by atoms with Crippen LogP contribution in [0.5, 0.6) is 0 Å². The van der Waals surface area contributed by atoms with Crippen molar-refractivity contribution >= 4 is 29.4 Å². The van der Waals surface area contributed by atoms with Gasteiger partial charge >= 0.3 is 6.03 Å². The van der Waals surface area contributed by atoms with Crippen molar-refractivity contribution in [2.24, 2.45) is 17.3 Å². The zero-order valence-electron chi connectivity index (χ0n) is 18.7. The van der Waals surface area contributed by atoms with Gasteiger partial charge in [-0.05, 0) is 42.6 Å². The molecule has 4 heterocycles. The molecule has 32 heavy (non-hydrogen) atoms. The van der Waals surface area contributed by atoms with Crippen molar-refractivity contribution in [1.82, 2.24) is 25.0 Å². The number of likely N-dealkylation sites (tertiary alicyclic amines) is 1.